The van der Waals surface area contributed by atoms with Gasteiger partial charge in [-0.15, -0.1) is 0 Å². The summed E-state index contributed by atoms with van der Waals surface area (Å²) in [4.78, 5) is 27.1. The van der Waals surface area contributed by atoms with Crippen LogP contribution in [0.1, 0.15) is 47.2 Å². The number of hydrogen-bond donors (Lipinski definition) is 2. The zero-order chi connectivity index (χ0) is 21.3. The summed E-state index contributed by atoms with van der Waals surface area (Å²) in [6.45, 7) is 3.57. The van der Waals surface area contributed by atoms with E-state index in [1.54, 1.807) is 18.2 Å². The van der Waals surface area contributed by atoms with Crippen molar-refractivity contribution in [2.75, 3.05) is 18.4 Å². The summed E-state index contributed by atoms with van der Waals surface area (Å²) in [5, 5.41) is 5.79. The molecule has 2 amide bonds. The van der Waals surface area contributed by atoms with Gasteiger partial charge in [0.1, 0.15) is 0 Å². The number of nitrogens with one attached hydrogen (secondary N) is 2. The molecule has 5 nitrogen and oxygen atoms in total. The summed E-state index contributed by atoms with van der Waals surface area (Å²) in [5.74, 6) is -0.335. The minimum Gasteiger partial charge on any atom is -0.339 e. The molecule has 6 heteroatoms. The summed E-state index contributed by atoms with van der Waals surface area (Å²) in [6, 6.07) is 15.1. The van der Waals surface area contributed by atoms with Gasteiger partial charge in [0.25, 0.3) is 5.91 Å². The fourth-order valence-electron chi connectivity index (χ4n) is 3.38. The Kier molecular flexibility index (Phi) is 7.74. The second-order valence-corrected chi connectivity index (χ2v) is 7.85. The van der Waals surface area contributed by atoms with Gasteiger partial charge in [0.2, 0.25) is 5.91 Å². The number of nitrogens with zero attached hydrogens (tertiary/aromatic N) is 1. The minimum absolute atomic E-state index is 0.00612. The molecule has 30 heavy (non-hydrogen) atoms. The zero-order valence-electron chi connectivity index (χ0n) is 17.2. The van der Waals surface area contributed by atoms with Gasteiger partial charge in [-0.05, 0) is 55.8 Å². The number of thiocarbonyl (C=S) groups is 1. The van der Waals surface area contributed by atoms with Crippen LogP contribution in [0.2, 0.25) is 0 Å². The Morgan fingerprint density at radius 2 is 1.63 bits per heavy atom. The van der Waals surface area contributed by atoms with Gasteiger partial charge in [-0.3, -0.25) is 14.9 Å². The molecule has 2 N–H and O–H groups in total. The Labute approximate surface area is 183 Å². The number of likely N-dealkylation sites (tertiary alicyclic amines) is 1. The largest absolute Gasteiger partial charge is 0.339 e. The van der Waals surface area contributed by atoms with E-state index in [1.165, 1.54) is 6.08 Å². The number of rotatable bonds is 4. The summed E-state index contributed by atoms with van der Waals surface area (Å²) >= 11 is 5.28. The summed E-state index contributed by atoms with van der Waals surface area (Å²) in [5.41, 5.74) is 3.25. The molecule has 1 aliphatic heterocycles. The predicted molar refractivity (Wildman–Crippen MR) is 125 cm³/mol. The Bertz CT molecular complexity index is 930. The highest BCUT2D eigenvalue weighted by Gasteiger charge is 2.20. The molecule has 1 heterocycles. The van der Waals surface area contributed by atoms with E-state index >= 15 is 0 Å². The van der Waals surface area contributed by atoms with Crippen molar-refractivity contribution in [1.82, 2.24) is 10.2 Å². The first-order chi connectivity index (χ1) is 14.5. The number of carbonyl (C=O) groups is 2. The molecule has 156 valence electrons. The number of hydrogen-bond acceptors (Lipinski definition) is 3. The first kappa shape index (κ1) is 21.7. The Morgan fingerprint density at radius 1 is 0.967 bits per heavy atom. The monoisotopic (exact) mass is 421 g/mol. The van der Waals surface area contributed by atoms with Crippen LogP contribution in [0.4, 0.5) is 5.69 Å². The maximum absolute atomic E-state index is 13.0. The third kappa shape index (κ3) is 6.26. The predicted octanol–water partition coefficient (Wildman–Crippen LogP) is 4.54. The van der Waals surface area contributed by atoms with Crippen molar-refractivity contribution < 1.29 is 9.59 Å². The molecule has 2 aromatic rings. The van der Waals surface area contributed by atoms with Crippen LogP contribution in [-0.4, -0.2) is 34.9 Å². The fourth-order valence-corrected chi connectivity index (χ4v) is 3.59. The normalized spacial score (nSPS) is 14.2. The number of aryl methyl sites for hydroxylation is 1. The van der Waals surface area contributed by atoms with Gasteiger partial charge < -0.3 is 10.2 Å². The standard InChI is InChI=1S/C24H27N3O2S/c1-18-10-12-19(13-11-18)14-15-22(28)26-24(30)25-21-9-5-4-8-20(21)23(29)27-16-6-2-3-7-17-27/h4-5,8-15H,2-3,6-7,16-17H2,1H3,(H2,25,26,28,30)/b15-14+. The molecule has 0 spiro atoms. The number of amides is 2. The summed E-state index contributed by atoms with van der Waals surface area (Å²) < 4.78 is 0. The third-order valence-electron chi connectivity index (χ3n) is 5.04. The molecule has 2 aromatic carbocycles. The average molecular weight is 422 g/mol. The lowest BCUT2D eigenvalue weighted by Gasteiger charge is -2.22. The second-order valence-electron chi connectivity index (χ2n) is 7.44. The molecule has 0 saturated carbocycles. The van der Waals surface area contributed by atoms with Gasteiger partial charge in [-0.1, -0.05) is 54.8 Å². The van der Waals surface area contributed by atoms with Crippen molar-refractivity contribution in [3.8, 4) is 0 Å². The maximum atomic E-state index is 13.0. The molecule has 0 aliphatic carbocycles. The van der Waals surface area contributed by atoms with Crippen LogP contribution >= 0.6 is 12.2 Å². The molecule has 1 aliphatic rings. The molecule has 0 bridgehead atoms. The van der Waals surface area contributed by atoms with Crippen LogP contribution < -0.4 is 10.6 Å². The first-order valence-corrected chi connectivity index (χ1v) is 10.7. The van der Waals surface area contributed by atoms with Crippen LogP contribution in [0.5, 0.6) is 0 Å². The van der Waals surface area contributed by atoms with E-state index in [9.17, 15) is 9.59 Å². The van der Waals surface area contributed by atoms with E-state index in [0.29, 0.717) is 11.3 Å². The van der Waals surface area contributed by atoms with E-state index in [0.717, 1.165) is 49.9 Å². The van der Waals surface area contributed by atoms with E-state index in [4.69, 9.17) is 12.2 Å². The summed E-state index contributed by atoms with van der Waals surface area (Å²) in [7, 11) is 0. The van der Waals surface area contributed by atoms with Crippen LogP contribution in [0.25, 0.3) is 6.08 Å². The minimum atomic E-state index is -0.329. The Balaban J connectivity index is 1.61. The van der Waals surface area contributed by atoms with Gasteiger partial charge in [0.15, 0.2) is 5.11 Å². The van der Waals surface area contributed by atoms with Crippen molar-refractivity contribution in [1.29, 1.82) is 0 Å². The highest BCUT2D eigenvalue weighted by Crippen LogP contribution is 2.20. The third-order valence-corrected chi connectivity index (χ3v) is 5.24. The van der Waals surface area contributed by atoms with E-state index in [1.807, 2.05) is 48.2 Å². The Morgan fingerprint density at radius 3 is 2.33 bits per heavy atom. The van der Waals surface area contributed by atoms with Crippen molar-refractivity contribution >= 4 is 40.9 Å². The molecule has 0 aromatic heterocycles. The van der Waals surface area contributed by atoms with Crippen LogP contribution in [-0.2, 0) is 4.79 Å². The van der Waals surface area contributed by atoms with Gasteiger partial charge in [-0.25, -0.2) is 0 Å². The quantitative estimate of drug-likeness (QED) is 0.562. The lowest BCUT2D eigenvalue weighted by atomic mass is 10.1. The fraction of sp³-hybridized carbons (Fsp3) is 0.292. The van der Waals surface area contributed by atoms with E-state index in [-0.39, 0.29) is 16.9 Å². The number of carbonyl (C=O) groups excluding carboxylic acids is 2. The van der Waals surface area contributed by atoms with Crippen LogP contribution in [0.3, 0.4) is 0 Å². The number of anilines is 1. The molecule has 0 atom stereocenters. The molecule has 0 unspecified atom stereocenters. The van der Waals surface area contributed by atoms with Crippen molar-refractivity contribution in [3.05, 3.63) is 71.3 Å². The smallest absolute Gasteiger partial charge is 0.255 e. The van der Waals surface area contributed by atoms with Crippen molar-refractivity contribution in [2.45, 2.75) is 32.6 Å². The molecule has 1 saturated heterocycles. The average Bonchev–Trinajstić information content (AvgIpc) is 3.03. The van der Waals surface area contributed by atoms with Crippen LogP contribution in [0, 0.1) is 6.92 Å². The van der Waals surface area contributed by atoms with Crippen LogP contribution in [0.15, 0.2) is 54.6 Å². The second kappa shape index (κ2) is 10.7. The van der Waals surface area contributed by atoms with Gasteiger partial charge in [0.05, 0.1) is 11.3 Å². The first-order valence-electron chi connectivity index (χ1n) is 10.3. The topological polar surface area (TPSA) is 61.4 Å². The molecule has 3 rings (SSSR count). The van der Waals surface area contributed by atoms with Gasteiger partial charge >= 0.3 is 0 Å². The lowest BCUT2D eigenvalue weighted by Crippen LogP contribution is -2.35. The SMILES string of the molecule is Cc1ccc(/C=C/C(=O)NC(=S)Nc2ccccc2C(=O)N2CCCCCC2)cc1. The van der Waals surface area contributed by atoms with Crippen molar-refractivity contribution in [2.24, 2.45) is 0 Å². The van der Waals surface area contributed by atoms with E-state index < -0.39 is 0 Å². The molecular weight excluding hydrogens is 394 g/mol. The molecule has 1 fully saturated rings. The lowest BCUT2D eigenvalue weighted by molar-refractivity contribution is -0.115. The molecule has 0 radical (unpaired) electrons. The highest BCUT2D eigenvalue weighted by atomic mass is 32.1. The van der Waals surface area contributed by atoms with Crippen molar-refractivity contribution in [3.63, 3.8) is 0 Å². The number of para-hydroxylation sites is 1. The highest BCUT2D eigenvalue weighted by molar-refractivity contribution is 7.80. The maximum Gasteiger partial charge on any atom is 0.255 e. The van der Waals surface area contributed by atoms with Gasteiger partial charge in [0, 0.05) is 19.2 Å². The molecular formula is C24H27N3O2S. The van der Waals surface area contributed by atoms with E-state index in [2.05, 4.69) is 10.6 Å². The Hall–Kier alpha value is -2.99. The zero-order valence-corrected chi connectivity index (χ0v) is 18.0. The number of benzene rings is 2. The van der Waals surface area contributed by atoms with Gasteiger partial charge in [-0.2, -0.15) is 0 Å². The summed E-state index contributed by atoms with van der Waals surface area (Å²) in [6.07, 6.45) is 7.55.